The molecule has 1 aliphatic heterocycles. The summed E-state index contributed by atoms with van der Waals surface area (Å²) < 4.78 is 41.3. The first-order chi connectivity index (χ1) is 16.1. The Morgan fingerprint density at radius 3 is 2.03 bits per heavy atom. The van der Waals surface area contributed by atoms with Gasteiger partial charge in [-0.1, -0.05) is 102 Å². The van der Waals surface area contributed by atoms with E-state index in [1.807, 2.05) is 24.3 Å². The van der Waals surface area contributed by atoms with E-state index in [0.29, 0.717) is 42.2 Å². The molecule has 182 valence electrons. The summed E-state index contributed by atoms with van der Waals surface area (Å²) in [4.78, 5) is 0. The van der Waals surface area contributed by atoms with Gasteiger partial charge in [0.1, 0.15) is 0 Å². The third-order valence-electron chi connectivity index (χ3n) is 6.64. The fourth-order valence-corrected chi connectivity index (χ4v) is 4.51. The lowest BCUT2D eigenvalue weighted by Crippen LogP contribution is -2.27. The standard InChI is InChI=1S/C29H40F2O2/c1-3-5-7-9-10-12-22-20-32-29(33-21-22)25-16-14-23(15-17-25)26-19-18-24(27(30)28(26)31)13-11-8-6-4-2/h14-19,22,29H,3-13,20-21H2,1-2H3. The van der Waals surface area contributed by atoms with Crippen LogP contribution in [0.25, 0.3) is 11.1 Å². The van der Waals surface area contributed by atoms with Gasteiger partial charge >= 0.3 is 0 Å². The van der Waals surface area contributed by atoms with E-state index in [9.17, 15) is 8.78 Å². The molecule has 0 radical (unpaired) electrons. The Morgan fingerprint density at radius 1 is 0.727 bits per heavy atom. The lowest BCUT2D eigenvalue weighted by Gasteiger charge is -2.29. The van der Waals surface area contributed by atoms with Crippen molar-refractivity contribution in [1.82, 2.24) is 0 Å². The van der Waals surface area contributed by atoms with Crippen LogP contribution in [-0.4, -0.2) is 13.2 Å². The van der Waals surface area contributed by atoms with Crippen molar-refractivity contribution in [3.8, 4) is 11.1 Å². The van der Waals surface area contributed by atoms with Crippen molar-refractivity contribution in [2.75, 3.05) is 13.2 Å². The van der Waals surface area contributed by atoms with Gasteiger partial charge in [0.25, 0.3) is 0 Å². The highest BCUT2D eigenvalue weighted by Gasteiger charge is 2.23. The second kappa shape index (κ2) is 13.8. The Bertz CT molecular complexity index is 826. The molecule has 33 heavy (non-hydrogen) atoms. The Labute approximate surface area is 198 Å². The smallest absolute Gasteiger partial charge is 0.183 e. The van der Waals surface area contributed by atoms with Gasteiger partial charge in [0.05, 0.1) is 13.2 Å². The summed E-state index contributed by atoms with van der Waals surface area (Å²) in [5.74, 6) is -1.02. The topological polar surface area (TPSA) is 18.5 Å². The van der Waals surface area contributed by atoms with Crippen molar-refractivity contribution >= 4 is 0 Å². The molecule has 1 aliphatic rings. The monoisotopic (exact) mass is 458 g/mol. The average molecular weight is 459 g/mol. The molecule has 0 amide bonds. The van der Waals surface area contributed by atoms with Crippen LogP contribution in [0.1, 0.15) is 95.5 Å². The number of ether oxygens (including phenoxy) is 2. The lowest BCUT2D eigenvalue weighted by molar-refractivity contribution is -0.206. The van der Waals surface area contributed by atoms with Crippen LogP contribution in [0.5, 0.6) is 0 Å². The Hall–Kier alpha value is -1.78. The van der Waals surface area contributed by atoms with Gasteiger partial charge < -0.3 is 9.47 Å². The number of benzene rings is 2. The molecule has 2 nitrogen and oxygen atoms in total. The normalized spacial score (nSPS) is 18.5. The Balaban J connectivity index is 1.52. The van der Waals surface area contributed by atoms with Crippen molar-refractivity contribution in [3.63, 3.8) is 0 Å². The average Bonchev–Trinajstić information content (AvgIpc) is 2.85. The molecule has 1 saturated heterocycles. The summed E-state index contributed by atoms with van der Waals surface area (Å²) in [6.45, 7) is 5.79. The second-order valence-electron chi connectivity index (χ2n) is 9.40. The molecule has 0 atom stereocenters. The predicted octanol–water partition coefficient (Wildman–Crippen LogP) is 8.78. The lowest BCUT2D eigenvalue weighted by atomic mass is 9.98. The molecule has 3 rings (SSSR count). The summed E-state index contributed by atoms with van der Waals surface area (Å²) >= 11 is 0. The predicted molar refractivity (Wildman–Crippen MR) is 131 cm³/mol. The molecule has 2 aromatic rings. The quantitative estimate of drug-likeness (QED) is 0.279. The van der Waals surface area contributed by atoms with Gasteiger partial charge in [-0.25, -0.2) is 8.78 Å². The molecule has 0 aromatic heterocycles. The highest BCUT2D eigenvalue weighted by Crippen LogP contribution is 2.31. The van der Waals surface area contributed by atoms with Crippen LogP contribution >= 0.6 is 0 Å². The van der Waals surface area contributed by atoms with Crippen LogP contribution in [0.4, 0.5) is 8.78 Å². The SMILES string of the molecule is CCCCCCCC1COC(c2ccc(-c3ccc(CCCCCC)c(F)c3F)cc2)OC1. The van der Waals surface area contributed by atoms with Crippen LogP contribution in [0.3, 0.4) is 0 Å². The second-order valence-corrected chi connectivity index (χ2v) is 9.40. The van der Waals surface area contributed by atoms with Crippen molar-refractivity contribution in [2.24, 2.45) is 5.92 Å². The van der Waals surface area contributed by atoms with Gasteiger partial charge in [0, 0.05) is 17.0 Å². The van der Waals surface area contributed by atoms with E-state index in [1.54, 1.807) is 12.1 Å². The molecule has 1 fully saturated rings. The molecule has 2 aromatic carbocycles. The number of halogens is 2. The van der Waals surface area contributed by atoms with E-state index in [4.69, 9.17) is 9.47 Å². The first kappa shape index (κ1) is 25.8. The number of aryl methyl sites for hydroxylation is 1. The molecule has 0 spiro atoms. The van der Waals surface area contributed by atoms with Crippen LogP contribution < -0.4 is 0 Å². The zero-order valence-corrected chi connectivity index (χ0v) is 20.4. The summed E-state index contributed by atoms with van der Waals surface area (Å²) in [6.07, 6.45) is 11.9. The van der Waals surface area contributed by atoms with Gasteiger partial charge in [-0.3, -0.25) is 0 Å². The Kier molecular flexibility index (Phi) is 10.8. The summed E-state index contributed by atoms with van der Waals surface area (Å²) in [5, 5.41) is 0. The highest BCUT2D eigenvalue weighted by molar-refractivity contribution is 5.65. The van der Waals surface area contributed by atoms with Crippen molar-refractivity contribution in [2.45, 2.75) is 90.8 Å². The largest absolute Gasteiger partial charge is 0.348 e. The van der Waals surface area contributed by atoms with E-state index < -0.39 is 11.6 Å². The van der Waals surface area contributed by atoms with E-state index in [-0.39, 0.29) is 6.29 Å². The molecule has 4 heteroatoms. The fraction of sp³-hybridized carbons (Fsp3) is 0.586. The highest BCUT2D eigenvalue weighted by atomic mass is 19.2. The molecule has 0 bridgehead atoms. The maximum atomic E-state index is 14.8. The minimum Gasteiger partial charge on any atom is -0.348 e. The molecule has 0 unspecified atom stereocenters. The van der Waals surface area contributed by atoms with Gasteiger partial charge in [-0.15, -0.1) is 0 Å². The minimum absolute atomic E-state index is 0.296. The number of hydrogen-bond donors (Lipinski definition) is 0. The number of rotatable bonds is 13. The molecular formula is C29H40F2O2. The minimum atomic E-state index is -0.761. The van der Waals surface area contributed by atoms with E-state index in [1.165, 1.54) is 32.1 Å². The first-order valence-electron chi connectivity index (χ1n) is 12.9. The third-order valence-corrected chi connectivity index (χ3v) is 6.64. The Morgan fingerprint density at radius 2 is 1.36 bits per heavy atom. The number of hydrogen-bond acceptors (Lipinski definition) is 2. The summed E-state index contributed by atoms with van der Waals surface area (Å²) in [6, 6.07) is 10.8. The summed E-state index contributed by atoms with van der Waals surface area (Å²) in [5.41, 5.74) is 2.33. The van der Waals surface area contributed by atoms with Crippen molar-refractivity contribution in [3.05, 3.63) is 59.2 Å². The van der Waals surface area contributed by atoms with Crippen LogP contribution in [-0.2, 0) is 15.9 Å². The summed E-state index contributed by atoms with van der Waals surface area (Å²) in [7, 11) is 0. The van der Waals surface area contributed by atoms with Gasteiger partial charge in [0.2, 0.25) is 0 Å². The van der Waals surface area contributed by atoms with Gasteiger partial charge in [-0.2, -0.15) is 0 Å². The molecular weight excluding hydrogens is 418 g/mol. The third kappa shape index (κ3) is 7.61. The van der Waals surface area contributed by atoms with Crippen LogP contribution in [0.15, 0.2) is 36.4 Å². The fourth-order valence-electron chi connectivity index (χ4n) is 4.51. The number of unbranched alkanes of at least 4 members (excludes halogenated alkanes) is 7. The van der Waals surface area contributed by atoms with E-state index in [0.717, 1.165) is 37.7 Å². The van der Waals surface area contributed by atoms with Crippen molar-refractivity contribution in [1.29, 1.82) is 0 Å². The zero-order chi connectivity index (χ0) is 23.5. The zero-order valence-electron chi connectivity index (χ0n) is 20.4. The molecule has 0 aliphatic carbocycles. The molecule has 0 N–H and O–H groups in total. The van der Waals surface area contributed by atoms with Crippen LogP contribution in [0.2, 0.25) is 0 Å². The van der Waals surface area contributed by atoms with E-state index >= 15 is 0 Å². The van der Waals surface area contributed by atoms with Gasteiger partial charge in [0.15, 0.2) is 17.9 Å². The van der Waals surface area contributed by atoms with Gasteiger partial charge in [-0.05, 0) is 30.4 Å². The van der Waals surface area contributed by atoms with Crippen molar-refractivity contribution < 1.29 is 18.3 Å². The van der Waals surface area contributed by atoms with Crippen LogP contribution in [0, 0.1) is 17.6 Å². The maximum Gasteiger partial charge on any atom is 0.183 e. The van der Waals surface area contributed by atoms with E-state index in [2.05, 4.69) is 13.8 Å². The first-order valence-corrected chi connectivity index (χ1v) is 12.9. The maximum absolute atomic E-state index is 14.8. The molecule has 0 saturated carbocycles. The molecule has 1 heterocycles.